The second kappa shape index (κ2) is 12.2. The lowest BCUT2D eigenvalue weighted by atomic mass is 9.85. The molecule has 0 aromatic heterocycles. The lowest BCUT2D eigenvalue weighted by Gasteiger charge is -2.30. The van der Waals surface area contributed by atoms with E-state index in [9.17, 15) is 34.1 Å². The number of non-ortho nitro benzene ring substituents is 1. The second-order valence-corrected chi connectivity index (χ2v) is 10.6. The maximum absolute atomic E-state index is 13.6. The van der Waals surface area contributed by atoms with Gasteiger partial charge in [-0.05, 0) is 67.4 Å². The number of imide groups is 1. The van der Waals surface area contributed by atoms with E-state index in [1.54, 1.807) is 0 Å². The van der Waals surface area contributed by atoms with Crippen molar-refractivity contribution in [2.45, 2.75) is 12.8 Å². The summed E-state index contributed by atoms with van der Waals surface area (Å²) in [5.41, 5.74) is 0.0290. The summed E-state index contributed by atoms with van der Waals surface area (Å²) in [7, 11) is 0. The molecule has 1 heterocycles. The molecule has 0 unspecified atom stereocenters. The van der Waals surface area contributed by atoms with Gasteiger partial charge in [-0.15, -0.1) is 0 Å². The molecular weight excluding hydrogens is 601 g/mol. The molecule has 0 saturated carbocycles. The van der Waals surface area contributed by atoms with Crippen LogP contribution in [0.4, 0.5) is 5.69 Å². The van der Waals surface area contributed by atoms with Crippen molar-refractivity contribution in [1.82, 2.24) is 10.0 Å². The number of amides is 3. The highest BCUT2D eigenvalue weighted by Gasteiger charge is 2.51. The number of ketones is 1. The van der Waals surface area contributed by atoms with Crippen LogP contribution in [-0.4, -0.2) is 51.0 Å². The van der Waals surface area contributed by atoms with E-state index in [0.29, 0.717) is 12.8 Å². The molecule has 1 fully saturated rings. The van der Waals surface area contributed by atoms with Crippen molar-refractivity contribution >= 4 is 58.4 Å². The number of allylic oxidation sites excluding steroid dienone is 2. The number of rotatable bonds is 8. The maximum Gasteiger partial charge on any atom is 0.343 e. The standard InChI is InChI=1S/C30H21Cl2N3O8/c31-24-14-9-19(15-25(24)32)27(37)33(34-28(38)22-3-1-2-4-23(22)29(34)39)16-26(36)17-7-12-21(13-8-17)43-30(40)18-5-10-20(11-6-18)35(41)42/h1-2,5-15,22-23H,3-4,16H2/t22-,23+. The van der Waals surface area contributed by atoms with Crippen LogP contribution >= 0.6 is 23.2 Å². The molecule has 5 rings (SSSR count). The Morgan fingerprint density at radius 2 is 1.40 bits per heavy atom. The molecule has 2 atom stereocenters. The van der Waals surface area contributed by atoms with Crippen molar-refractivity contribution in [3.05, 3.63) is 116 Å². The van der Waals surface area contributed by atoms with Crippen LogP contribution in [0.1, 0.15) is 43.9 Å². The largest absolute Gasteiger partial charge is 0.423 e. The van der Waals surface area contributed by atoms with Gasteiger partial charge < -0.3 is 4.74 Å². The highest BCUT2D eigenvalue weighted by atomic mass is 35.5. The molecule has 0 N–H and O–H groups in total. The van der Waals surface area contributed by atoms with Gasteiger partial charge >= 0.3 is 5.97 Å². The van der Waals surface area contributed by atoms with E-state index in [2.05, 4.69) is 0 Å². The molecule has 3 amide bonds. The number of hydrogen-bond donors (Lipinski definition) is 0. The van der Waals surface area contributed by atoms with Gasteiger partial charge in [0, 0.05) is 23.3 Å². The predicted octanol–water partition coefficient (Wildman–Crippen LogP) is 5.31. The number of benzene rings is 3. The van der Waals surface area contributed by atoms with Crippen molar-refractivity contribution in [3.8, 4) is 5.75 Å². The van der Waals surface area contributed by atoms with Gasteiger partial charge in [-0.25, -0.2) is 9.80 Å². The number of nitro groups is 1. The molecule has 0 bridgehead atoms. The number of carbonyl (C=O) groups is 5. The normalized spacial score (nSPS) is 17.4. The fourth-order valence-electron chi connectivity index (χ4n) is 4.85. The van der Waals surface area contributed by atoms with E-state index in [1.165, 1.54) is 66.7 Å². The molecule has 11 nitrogen and oxygen atoms in total. The minimum Gasteiger partial charge on any atom is -0.423 e. The van der Waals surface area contributed by atoms with Crippen LogP contribution in [0.2, 0.25) is 10.0 Å². The SMILES string of the molecule is O=C(CN(C(=O)c1ccc(Cl)c(Cl)c1)N1C(=O)[C@H]2CC=CC[C@H]2C1=O)c1ccc(OC(=O)c2ccc([N+](=O)[O-])cc2)cc1. The van der Waals surface area contributed by atoms with Gasteiger partial charge in [-0.3, -0.25) is 29.3 Å². The fourth-order valence-corrected chi connectivity index (χ4v) is 5.15. The Morgan fingerprint density at radius 3 is 1.95 bits per heavy atom. The number of Topliss-reactive ketones (excluding diaryl/α,β-unsaturated/α-hetero) is 1. The molecule has 43 heavy (non-hydrogen) atoms. The van der Waals surface area contributed by atoms with Crippen molar-refractivity contribution in [3.63, 3.8) is 0 Å². The predicted molar refractivity (Wildman–Crippen MR) is 154 cm³/mol. The number of halogens is 2. The molecule has 1 aliphatic heterocycles. The zero-order valence-electron chi connectivity index (χ0n) is 22.1. The minimum atomic E-state index is -0.797. The smallest absolute Gasteiger partial charge is 0.343 e. The lowest BCUT2D eigenvalue weighted by molar-refractivity contribution is -0.384. The van der Waals surface area contributed by atoms with Gasteiger partial charge in [-0.2, -0.15) is 5.01 Å². The Morgan fingerprint density at radius 1 is 0.837 bits per heavy atom. The minimum absolute atomic E-state index is 0.0179. The Balaban J connectivity index is 1.36. The lowest BCUT2D eigenvalue weighted by Crippen LogP contribution is -2.52. The first-order valence-corrected chi connectivity index (χ1v) is 13.7. The number of carbonyl (C=O) groups excluding carboxylic acids is 5. The van der Waals surface area contributed by atoms with E-state index in [1.807, 2.05) is 12.2 Å². The molecule has 1 aliphatic carbocycles. The first-order valence-electron chi connectivity index (χ1n) is 12.9. The molecule has 1 saturated heterocycles. The third-order valence-corrected chi connectivity index (χ3v) is 7.86. The monoisotopic (exact) mass is 621 g/mol. The number of fused-ring (bicyclic) bond motifs is 1. The van der Waals surface area contributed by atoms with E-state index in [-0.39, 0.29) is 38.2 Å². The van der Waals surface area contributed by atoms with Gasteiger partial charge in [0.15, 0.2) is 5.78 Å². The number of ether oxygens (including phenoxy) is 1. The van der Waals surface area contributed by atoms with E-state index < -0.39 is 52.8 Å². The number of nitrogens with zero attached hydrogens (tertiary/aromatic N) is 3. The highest BCUT2D eigenvalue weighted by molar-refractivity contribution is 6.42. The molecule has 0 radical (unpaired) electrons. The third kappa shape index (κ3) is 6.04. The molecule has 218 valence electrons. The van der Waals surface area contributed by atoms with Crippen LogP contribution in [0.5, 0.6) is 5.75 Å². The summed E-state index contributed by atoms with van der Waals surface area (Å²) in [5.74, 6) is -4.50. The van der Waals surface area contributed by atoms with Crippen molar-refractivity contribution in [1.29, 1.82) is 0 Å². The average molecular weight is 622 g/mol. The Bertz CT molecular complexity index is 1660. The molecule has 3 aromatic carbocycles. The first-order chi connectivity index (χ1) is 20.5. The van der Waals surface area contributed by atoms with Crippen LogP contribution in [0.25, 0.3) is 0 Å². The maximum atomic E-state index is 13.6. The van der Waals surface area contributed by atoms with Crippen LogP contribution in [0.3, 0.4) is 0 Å². The highest BCUT2D eigenvalue weighted by Crippen LogP contribution is 2.36. The van der Waals surface area contributed by atoms with Crippen LogP contribution in [0, 0.1) is 22.0 Å². The summed E-state index contributed by atoms with van der Waals surface area (Å²) in [6.45, 7) is -0.647. The van der Waals surface area contributed by atoms with E-state index in [4.69, 9.17) is 27.9 Å². The zero-order chi connectivity index (χ0) is 30.8. The van der Waals surface area contributed by atoms with Crippen molar-refractivity contribution in [2.24, 2.45) is 11.8 Å². The summed E-state index contributed by atoms with van der Waals surface area (Å²) in [5, 5.41) is 12.7. The summed E-state index contributed by atoms with van der Waals surface area (Å²) in [6, 6.07) is 14.3. The topological polar surface area (TPSA) is 144 Å². The van der Waals surface area contributed by atoms with Crippen LogP contribution in [0.15, 0.2) is 78.9 Å². The van der Waals surface area contributed by atoms with E-state index >= 15 is 0 Å². The summed E-state index contributed by atoms with van der Waals surface area (Å²) in [6.07, 6.45) is 4.30. The number of esters is 1. The van der Waals surface area contributed by atoms with Crippen molar-refractivity contribution in [2.75, 3.05) is 6.54 Å². The summed E-state index contributed by atoms with van der Waals surface area (Å²) in [4.78, 5) is 76.3. The molecule has 3 aromatic rings. The molecule has 0 spiro atoms. The summed E-state index contributed by atoms with van der Waals surface area (Å²) >= 11 is 12.1. The van der Waals surface area contributed by atoms with Gasteiger partial charge in [0.1, 0.15) is 12.3 Å². The number of hydrogen-bond acceptors (Lipinski definition) is 8. The Labute approximate surface area is 254 Å². The van der Waals surface area contributed by atoms with E-state index in [0.717, 1.165) is 10.0 Å². The Hall–Kier alpha value is -4.87. The molecule has 2 aliphatic rings. The zero-order valence-corrected chi connectivity index (χ0v) is 23.7. The van der Waals surface area contributed by atoms with Gasteiger partial charge in [0.25, 0.3) is 23.4 Å². The second-order valence-electron chi connectivity index (χ2n) is 9.78. The molecular formula is C30H21Cl2N3O8. The van der Waals surface area contributed by atoms with Crippen LogP contribution in [-0.2, 0) is 9.59 Å². The number of nitro benzene ring substituents is 1. The van der Waals surface area contributed by atoms with Crippen LogP contribution < -0.4 is 4.74 Å². The average Bonchev–Trinajstić information content (AvgIpc) is 3.26. The van der Waals surface area contributed by atoms with Gasteiger partial charge in [-0.1, -0.05) is 35.4 Å². The third-order valence-electron chi connectivity index (χ3n) is 7.12. The quantitative estimate of drug-likeness (QED) is 0.0625. The summed E-state index contributed by atoms with van der Waals surface area (Å²) < 4.78 is 5.29. The number of hydrazine groups is 1. The van der Waals surface area contributed by atoms with Gasteiger partial charge in [0.2, 0.25) is 0 Å². The Kier molecular flexibility index (Phi) is 8.38. The van der Waals surface area contributed by atoms with Crippen molar-refractivity contribution < 1.29 is 33.6 Å². The van der Waals surface area contributed by atoms with Gasteiger partial charge in [0.05, 0.1) is 32.4 Å². The first kappa shape index (κ1) is 29.6. The fraction of sp³-hybridized carbons (Fsp3) is 0.167. The molecule has 13 heteroatoms.